The zero-order chi connectivity index (χ0) is 16.4. The van der Waals surface area contributed by atoms with Crippen LogP contribution in [0.1, 0.15) is 20.3 Å². The molecule has 0 saturated carbocycles. The molecule has 1 aliphatic rings. The zero-order valence-corrected chi connectivity index (χ0v) is 11.9. The fourth-order valence-electron chi connectivity index (χ4n) is 2.15. The van der Waals surface area contributed by atoms with Crippen LogP contribution in [-0.4, -0.2) is 59.6 Å². The maximum absolute atomic E-state index is 13.4. The molecule has 0 unspecified atom stereocenters. The van der Waals surface area contributed by atoms with Crippen LogP contribution in [0.15, 0.2) is 0 Å². The van der Waals surface area contributed by atoms with Crippen molar-refractivity contribution in [3.63, 3.8) is 0 Å². The Bertz CT molecular complexity index is 441. The van der Waals surface area contributed by atoms with E-state index in [-0.39, 0.29) is 0 Å². The normalized spacial score (nSPS) is 22.0. The van der Waals surface area contributed by atoms with Crippen LogP contribution in [0.2, 0.25) is 0 Å². The third-order valence-corrected chi connectivity index (χ3v) is 3.23. The van der Waals surface area contributed by atoms with Gasteiger partial charge >= 0.3 is 12.1 Å². The van der Waals surface area contributed by atoms with Crippen LogP contribution in [0.5, 0.6) is 0 Å². The molecule has 1 fully saturated rings. The van der Waals surface area contributed by atoms with Crippen LogP contribution in [-0.2, 0) is 14.3 Å². The van der Waals surface area contributed by atoms with Gasteiger partial charge in [-0.1, -0.05) is 13.8 Å². The fourth-order valence-corrected chi connectivity index (χ4v) is 2.15. The van der Waals surface area contributed by atoms with E-state index in [1.807, 2.05) is 0 Å². The Labute approximate surface area is 120 Å². The second kappa shape index (κ2) is 6.23. The lowest BCUT2D eigenvalue weighted by Crippen LogP contribution is -2.54. The topological polar surface area (TPSA) is 95.9 Å². The summed E-state index contributed by atoms with van der Waals surface area (Å²) in [6.07, 6.45) is -1.82. The monoisotopic (exact) mass is 308 g/mol. The second-order valence-corrected chi connectivity index (χ2v) is 5.24. The van der Waals surface area contributed by atoms with Crippen molar-refractivity contribution in [2.24, 2.45) is 5.92 Å². The van der Waals surface area contributed by atoms with Crippen molar-refractivity contribution in [3.8, 4) is 0 Å². The maximum Gasteiger partial charge on any atom is 0.407 e. The van der Waals surface area contributed by atoms with E-state index in [4.69, 9.17) is 5.11 Å². The lowest BCUT2D eigenvalue weighted by molar-refractivity contribution is -0.149. The van der Waals surface area contributed by atoms with E-state index in [1.54, 1.807) is 13.8 Å². The number of alkyl carbamates (subject to hydrolysis) is 1. The number of halogens is 2. The standard InChI is InChI=1S/C12H18F2N2O5/c1-6(2)8(15-11(20)21-3)9(17)16-5-12(13,14)4-7(16)10(18)19/h6-8H,4-5H2,1-3H3,(H,15,20)(H,18,19)/t7-,8-/m0/s1. The van der Waals surface area contributed by atoms with Crippen LogP contribution < -0.4 is 5.32 Å². The van der Waals surface area contributed by atoms with Gasteiger partial charge in [-0.2, -0.15) is 0 Å². The highest BCUT2D eigenvalue weighted by atomic mass is 19.3. The number of alkyl halides is 2. The van der Waals surface area contributed by atoms with Crippen molar-refractivity contribution in [1.82, 2.24) is 10.2 Å². The first-order valence-corrected chi connectivity index (χ1v) is 6.34. The number of nitrogens with zero attached hydrogens (tertiary/aromatic N) is 1. The largest absolute Gasteiger partial charge is 0.480 e. The Morgan fingerprint density at radius 2 is 1.95 bits per heavy atom. The quantitative estimate of drug-likeness (QED) is 0.796. The Hall–Kier alpha value is -1.93. The SMILES string of the molecule is COC(=O)N[C@H](C(=O)N1CC(F)(F)C[C@H]1C(=O)O)C(C)C. The van der Waals surface area contributed by atoms with Gasteiger partial charge in [0.15, 0.2) is 0 Å². The summed E-state index contributed by atoms with van der Waals surface area (Å²) in [7, 11) is 1.10. The minimum Gasteiger partial charge on any atom is -0.480 e. The maximum atomic E-state index is 13.4. The van der Waals surface area contributed by atoms with Crippen molar-refractivity contribution in [2.75, 3.05) is 13.7 Å². The molecule has 1 rings (SSSR count). The van der Waals surface area contributed by atoms with Crippen LogP contribution in [0.25, 0.3) is 0 Å². The number of nitrogens with one attached hydrogen (secondary N) is 1. The first kappa shape index (κ1) is 17.1. The molecule has 0 radical (unpaired) electrons. The number of amides is 2. The number of carbonyl (C=O) groups is 3. The van der Waals surface area contributed by atoms with Crippen molar-refractivity contribution < 1.29 is 33.0 Å². The van der Waals surface area contributed by atoms with Gasteiger partial charge in [0.25, 0.3) is 5.92 Å². The van der Waals surface area contributed by atoms with Crippen molar-refractivity contribution in [3.05, 3.63) is 0 Å². The van der Waals surface area contributed by atoms with Gasteiger partial charge in [-0.15, -0.1) is 0 Å². The van der Waals surface area contributed by atoms with Gasteiger partial charge in [-0.25, -0.2) is 18.4 Å². The highest BCUT2D eigenvalue weighted by Gasteiger charge is 2.51. The van der Waals surface area contributed by atoms with Gasteiger partial charge in [-0.05, 0) is 5.92 Å². The van der Waals surface area contributed by atoms with Crippen molar-refractivity contribution >= 4 is 18.0 Å². The first-order chi connectivity index (χ1) is 9.59. The zero-order valence-electron chi connectivity index (χ0n) is 11.9. The van der Waals surface area contributed by atoms with E-state index in [1.165, 1.54) is 0 Å². The van der Waals surface area contributed by atoms with Crippen LogP contribution >= 0.6 is 0 Å². The molecule has 1 heterocycles. The Kier molecular flexibility index (Phi) is 5.08. The lowest BCUT2D eigenvalue weighted by atomic mass is 10.0. The molecule has 2 atom stereocenters. The smallest absolute Gasteiger partial charge is 0.407 e. The van der Waals surface area contributed by atoms with Crippen molar-refractivity contribution in [2.45, 2.75) is 38.3 Å². The summed E-state index contributed by atoms with van der Waals surface area (Å²) in [5.41, 5.74) is 0. The lowest BCUT2D eigenvalue weighted by Gasteiger charge is -2.28. The Balaban J connectivity index is 2.96. The Morgan fingerprint density at radius 1 is 1.38 bits per heavy atom. The van der Waals surface area contributed by atoms with E-state index in [9.17, 15) is 23.2 Å². The van der Waals surface area contributed by atoms with Gasteiger partial charge in [0, 0.05) is 6.42 Å². The third kappa shape index (κ3) is 4.02. The van der Waals surface area contributed by atoms with E-state index in [0.29, 0.717) is 4.90 Å². The van der Waals surface area contributed by atoms with Crippen LogP contribution in [0.4, 0.5) is 13.6 Å². The molecular weight excluding hydrogens is 290 g/mol. The molecule has 1 aliphatic heterocycles. The molecule has 0 aromatic carbocycles. The summed E-state index contributed by atoms with van der Waals surface area (Å²) in [5.74, 6) is -6.03. The predicted octanol–water partition coefficient (Wildman–Crippen LogP) is 0.688. The predicted molar refractivity (Wildman–Crippen MR) is 66.9 cm³/mol. The van der Waals surface area contributed by atoms with E-state index >= 15 is 0 Å². The molecule has 2 amide bonds. The van der Waals surface area contributed by atoms with Gasteiger partial charge in [0.1, 0.15) is 12.1 Å². The highest BCUT2D eigenvalue weighted by molar-refractivity contribution is 5.90. The molecule has 0 spiro atoms. The molecule has 0 aliphatic carbocycles. The van der Waals surface area contributed by atoms with Gasteiger partial charge < -0.3 is 20.1 Å². The van der Waals surface area contributed by atoms with Gasteiger partial charge in [0.2, 0.25) is 5.91 Å². The second-order valence-electron chi connectivity index (χ2n) is 5.24. The van der Waals surface area contributed by atoms with Crippen molar-refractivity contribution in [1.29, 1.82) is 0 Å². The molecule has 2 N–H and O–H groups in total. The molecule has 120 valence electrons. The number of methoxy groups -OCH3 is 1. The van der Waals surface area contributed by atoms with E-state index in [2.05, 4.69) is 10.1 Å². The molecule has 0 aromatic heterocycles. The number of aliphatic carboxylic acids is 1. The molecule has 0 bridgehead atoms. The number of ether oxygens (including phenoxy) is 1. The number of carboxylic acids is 1. The van der Waals surface area contributed by atoms with E-state index in [0.717, 1.165) is 7.11 Å². The number of likely N-dealkylation sites (tertiary alicyclic amines) is 1. The molecule has 7 nitrogen and oxygen atoms in total. The van der Waals surface area contributed by atoms with Gasteiger partial charge in [0.05, 0.1) is 13.7 Å². The summed E-state index contributed by atoms with van der Waals surface area (Å²) < 4.78 is 31.2. The highest BCUT2D eigenvalue weighted by Crippen LogP contribution is 2.33. The number of carbonyl (C=O) groups excluding carboxylic acids is 2. The number of carboxylic acid groups (broad SMARTS) is 1. The molecule has 1 saturated heterocycles. The van der Waals surface area contributed by atoms with Crippen LogP contribution in [0.3, 0.4) is 0 Å². The van der Waals surface area contributed by atoms with Gasteiger partial charge in [-0.3, -0.25) is 4.79 Å². The minimum atomic E-state index is -3.26. The van der Waals surface area contributed by atoms with Crippen LogP contribution in [0, 0.1) is 5.92 Å². The van der Waals surface area contributed by atoms with E-state index < -0.39 is 54.9 Å². The average molecular weight is 308 g/mol. The Morgan fingerprint density at radius 3 is 2.38 bits per heavy atom. The molecule has 21 heavy (non-hydrogen) atoms. The molecule has 9 heteroatoms. The fraction of sp³-hybridized carbons (Fsp3) is 0.750. The molecular formula is C12H18F2N2O5. The third-order valence-electron chi connectivity index (χ3n) is 3.23. The summed E-state index contributed by atoms with van der Waals surface area (Å²) in [6, 6.07) is -2.73. The first-order valence-electron chi connectivity index (χ1n) is 6.34. The summed E-state index contributed by atoms with van der Waals surface area (Å²) in [5, 5.41) is 11.2. The number of hydrogen-bond acceptors (Lipinski definition) is 4. The minimum absolute atomic E-state index is 0.416. The average Bonchev–Trinajstić information content (AvgIpc) is 2.70. The summed E-state index contributed by atoms with van der Waals surface area (Å²) >= 11 is 0. The summed E-state index contributed by atoms with van der Waals surface area (Å²) in [4.78, 5) is 35.2. The molecule has 0 aromatic rings. The summed E-state index contributed by atoms with van der Waals surface area (Å²) in [6.45, 7) is 2.22. The number of rotatable bonds is 4. The number of hydrogen-bond donors (Lipinski definition) is 2.